The molecule has 1 saturated carbocycles. The lowest BCUT2D eigenvalue weighted by molar-refractivity contribution is 0.737. The molecule has 4 heteroatoms. The van der Waals surface area contributed by atoms with E-state index >= 15 is 0 Å². The number of aromatic nitrogens is 2. The fourth-order valence-electron chi connectivity index (χ4n) is 1.57. The molecule has 0 unspecified atom stereocenters. The van der Waals surface area contributed by atoms with Crippen molar-refractivity contribution < 1.29 is 0 Å². The molecule has 1 aromatic heterocycles. The summed E-state index contributed by atoms with van der Waals surface area (Å²) in [5.74, 6) is 0.828. The zero-order chi connectivity index (χ0) is 9.97. The van der Waals surface area contributed by atoms with E-state index in [1.807, 2.05) is 0 Å². The van der Waals surface area contributed by atoms with Crippen LogP contribution in [0.5, 0.6) is 0 Å². The summed E-state index contributed by atoms with van der Waals surface area (Å²) in [6, 6.07) is 1.61. The van der Waals surface area contributed by atoms with Crippen molar-refractivity contribution in [3.63, 3.8) is 0 Å². The Balaban J connectivity index is 2.12. The van der Waals surface area contributed by atoms with Crippen molar-refractivity contribution in [1.29, 1.82) is 0 Å². The molecule has 76 valence electrons. The van der Waals surface area contributed by atoms with Gasteiger partial charge in [-0.15, -0.1) is 0 Å². The molecule has 0 aliphatic heterocycles. The van der Waals surface area contributed by atoms with Crippen molar-refractivity contribution in [3.8, 4) is 0 Å². The second-order valence-electron chi connectivity index (χ2n) is 3.79. The van der Waals surface area contributed by atoms with Crippen LogP contribution < -0.4 is 10.5 Å². The van der Waals surface area contributed by atoms with Crippen LogP contribution in [0.3, 0.4) is 0 Å². The standard InChI is InChI=1S/C10H15N3O/c1-2-13(7-8-3-4-8)9-5-10(14)12-11-6-9/h5-6,8H,2-4,7H2,1H3,(H,12,14). The Morgan fingerprint density at radius 1 is 1.64 bits per heavy atom. The molecular formula is C10H15N3O. The topological polar surface area (TPSA) is 49.0 Å². The van der Waals surface area contributed by atoms with Crippen LogP contribution in [-0.2, 0) is 0 Å². The molecule has 1 aliphatic rings. The third-order valence-corrected chi connectivity index (χ3v) is 2.57. The number of H-pyrrole nitrogens is 1. The molecule has 14 heavy (non-hydrogen) atoms. The monoisotopic (exact) mass is 193 g/mol. The van der Waals surface area contributed by atoms with Crippen LogP contribution >= 0.6 is 0 Å². The number of aromatic amines is 1. The van der Waals surface area contributed by atoms with E-state index < -0.39 is 0 Å². The Morgan fingerprint density at radius 2 is 2.43 bits per heavy atom. The summed E-state index contributed by atoms with van der Waals surface area (Å²) in [7, 11) is 0. The van der Waals surface area contributed by atoms with Crippen molar-refractivity contribution in [2.24, 2.45) is 5.92 Å². The molecule has 1 aliphatic carbocycles. The molecule has 4 nitrogen and oxygen atoms in total. The zero-order valence-electron chi connectivity index (χ0n) is 8.36. The molecule has 1 aromatic rings. The average molecular weight is 193 g/mol. The van der Waals surface area contributed by atoms with E-state index in [0.717, 1.165) is 24.7 Å². The predicted molar refractivity (Wildman–Crippen MR) is 55.5 cm³/mol. The van der Waals surface area contributed by atoms with Crippen LogP contribution in [0.15, 0.2) is 17.1 Å². The molecular weight excluding hydrogens is 178 g/mol. The van der Waals surface area contributed by atoms with E-state index in [1.54, 1.807) is 12.3 Å². The van der Waals surface area contributed by atoms with Crippen molar-refractivity contribution >= 4 is 5.69 Å². The second kappa shape index (κ2) is 3.82. The van der Waals surface area contributed by atoms with Crippen LogP contribution in [0.1, 0.15) is 19.8 Å². The first-order valence-electron chi connectivity index (χ1n) is 5.09. The van der Waals surface area contributed by atoms with Crippen LogP contribution in [0.2, 0.25) is 0 Å². The summed E-state index contributed by atoms with van der Waals surface area (Å²) in [4.78, 5) is 13.3. The van der Waals surface area contributed by atoms with Gasteiger partial charge in [0.15, 0.2) is 0 Å². The van der Waals surface area contributed by atoms with Gasteiger partial charge in [-0.05, 0) is 25.7 Å². The smallest absolute Gasteiger partial charge is 0.266 e. The Labute approximate surface area is 82.9 Å². The summed E-state index contributed by atoms with van der Waals surface area (Å²) < 4.78 is 0. The van der Waals surface area contributed by atoms with Crippen LogP contribution in [0.25, 0.3) is 0 Å². The van der Waals surface area contributed by atoms with E-state index in [0.29, 0.717) is 0 Å². The molecule has 1 N–H and O–H groups in total. The van der Waals surface area contributed by atoms with Crippen molar-refractivity contribution in [2.45, 2.75) is 19.8 Å². The first kappa shape index (κ1) is 9.24. The van der Waals surface area contributed by atoms with Gasteiger partial charge in [0, 0.05) is 19.2 Å². The Kier molecular flexibility index (Phi) is 2.52. The fourth-order valence-corrected chi connectivity index (χ4v) is 1.57. The Bertz CT molecular complexity index is 356. The lowest BCUT2D eigenvalue weighted by Gasteiger charge is -2.21. The molecule has 0 bridgehead atoms. The van der Waals surface area contributed by atoms with Gasteiger partial charge < -0.3 is 4.90 Å². The maximum atomic E-state index is 11.1. The largest absolute Gasteiger partial charge is 0.370 e. The summed E-state index contributed by atoms with van der Waals surface area (Å²) in [6.07, 6.45) is 4.37. The highest BCUT2D eigenvalue weighted by Gasteiger charge is 2.23. The summed E-state index contributed by atoms with van der Waals surface area (Å²) in [6.45, 7) is 4.09. The van der Waals surface area contributed by atoms with Crippen LogP contribution in [-0.4, -0.2) is 23.3 Å². The van der Waals surface area contributed by atoms with Crippen molar-refractivity contribution in [1.82, 2.24) is 10.2 Å². The van der Waals surface area contributed by atoms with Gasteiger partial charge >= 0.3 is 0 Å². The van der Waals surface area contributed by atoms with E-state index in [9.17, 15) is 4.79 Å². The number of hydrogen-bond donors (Lipinski definition) is 1. The first-order valence-corrected chi connectivity index (χ1v) is 5.09. The molecule has 0 atom stereocenters. The summed E-state index contributed by atoms with van der Waals surface area (Å²) >= 11 is 0. The molecule has 0 saturated heterocycles. The van der Waals surface area contributed by atoms with Gasteiger partial charge in [0.2, 0.25) is 0 Å². The molecule has 0 amide bonds. The highest BCUT2D eigenvalue weighted by molar-refractivity contribution is 5.42. The molecule has 0 radical (unpaired) electrons. The molecule has 0 spiro atoms. The van der Waals surface area contributed by atoms with E-state index in [4.69, 9.17) is 0 Å². The van der Waals surface area contributed by atoms with Crippen molar-refractivity contribution in [2.75, 3.05) is 18.0 Å². The van der Waals surface area contributed by atoms with Crippen molar-refractivity contribution in [3.05, 3.63) is 22.6 Å². The lowest BCUT2D eigenvalue weighted by atomic mass is 10.3. The van der Waals surface area contributed by atoms with E-state index in [-0.39, 0.29) is 5.56 Å². The lowest BCUT2D eigenvalue weighted by Crippen LogP contribution is -2.26. The van der Waals surface area contributed by atoms with Gasteiger partial charge in [-0.1, -0.05) is 0 Å². The maximum absolute atomic E-state index is 11.1. The van der Waals surface area contributed by atoms with Crippen LogP contribution in [0, 0.1) is 5.92 Å². The second-order valence-corrected chi connectivity index (χ2v) is 3.79. The highest BCUT2D eigenvalue weighted by Crippen LogP contribution is 2.30. The average Bonchev–Trinajstić information content (AvgIpc) is 2.98. The van der Waals surface area contributed by atoms with Gasteiger partial charge in [-0.25, -0.2) is 5.10 Å². The molecule has 1 fully saturated rings. The van der Waals surface area contributed by atoms with E-state index in [2.05, 4.69) is 22.0 Å². The van der Waals surface area contributed by atoms with Gasteiger partial charge in [-0.3, -0.25) is 4.79 Å². The molecule has 1 heterocycles. The minimum absolute atomic E-state index is 0.128. The zero-order valence-corrected chi connectivity index (χ0v) is 8.36. The minimum atomic E-state index is -0.128. The van der Waals surface area contributed by atoms with Gasteiger partial charge in [0.25, 0.3) is 5.56 Å². The van der Waals surface area contributed by atoms with E-state index in [1.165, 1.54) is 12.8 Å². The maximum Gasteiger partial charge on any atom is 0.266 e. The third kappa shape index (κ3) is 2.13. The first-order chi connectivity index (χ1) is 6.79. The number of anilines is 1. The number of rotatable bonds is 4. The number of nitrogens with one attached hydrogen (secondary N) is 1. The quantitative estimate of drug-likeness (QED) is 0.776. The molecule has 2 rings (SSSR count). The van der Waals surface area contributed by atoms with Crippen LogP contribution in [0.4, 0.5) is 5.69 Å². The number of hydrogen-bond acceptors (Lipinski definition) is 3. The van der Waals surface area contributed by atoms with Gasteiger partial charge in [0.1, 0.15) is 0 Å². The summed E-state index contributed by atoms with van der Waals surface area (Å²) in [5, 5.41) is 6.19. The molecule has 0 aromatic carbocycles. The SMILES string of the molecule is CCN(CC1CC1)c1cn[nH]c(=O)c1. The summed E-state index contributed by atoms with van der Waals surface area (Å²) in [5.41, 5.74) is 0.805. The Hall–Kier alpha value is -1.32. The number of nitrogens with zero attached hydrogens (tertiary/aromatic N) is 2. The fraction of sp³-hybridized carbons (Fsp3) is 0.600. The Morgan fingerprint density at radius 3 is 3.00 bits per heavy atom. The minimum Gasteiger partial charge on any atom is -0.370 e. The third-order valence-electron chi connectivity index (χ3n) is 2.57. The highest BCUT2D eigenvalue weighted by atomic mass is 16.1. The normalized spacial score (nSPS) is 15.5. The van der Waals surface area contributed by atoms with Gasteiger partial charge in [-0.2, -0.15) is 5.10 Å². The predicted octanol–water partition coefficient (Wildman–Crippen LogP) is 1.01. The van der Waals surface area contributed by atoms with Gasteiger partial charge in [0.05, 0.1) is 11.9 Å².